The van der Waals surface area contributed by atoms with Gasteiger partial charge in [-0.15, -0.1) is 0 Å². The lowest BCUT2D eigenvalue weighted by atomic mass is 9.45. The number of pyridine rings is 1. The van der Waals surface area contributed by atoms with E-state index in [1.807, 2.05) is 68.3 Å². The summed E-state index contributed by atoms with van der Waals surface area (Å²) in [5, 5.41) is 29.2. The van der Waals surface area contributed by atoms with Gasteiger partial charge in [-0.3, -0.25) is 19.4 Å². The summed E-state index contributed by atoms with van der Waals surface area (Å²) in [6.07, 6.45) is 2.41. The summed E-state index contributed by atoms with van der Waals surface area (Å²) in [4.78, 5) is 42.8. The van der Waals surface area contributed by atoms with Gasteiger partial charge in [-0.25, -0.2) is 4.39 Å². The number of benzene rings is 2. The van der Waals surface area contributed by atoms with Crippen LogP contribution in [0.4, 0.5) is 10.1 Å². The molecule has 2 aromatic carbocycles. The number of amides is 2. The van der Waals surface area contributed by atoms with Crippen LogP contribution >= 0.6 is 0 Å². The van der Waals surface area contributed by atoms with Crippen molar-refractivity contribution in [2.24, 2.45) is 29.1 Å². The Bertz CT molecular complexity index is 1890. The lowest BCUT2D eigenvalue weighted by Gasteiger charge is -2.62. The van der Waals surface area contributed by atoms with Gasteiger partial charge in [0, 0.05) is 79.3 Å². The minimum atomic E-state index is -1.01. The molecule has 3 aliphatic carbocycles. The van der Waals surface area contributed by atoms with E-state index in [2.05, 4.69) is 36.4 Å². The molecule has 12 nitrogen and oxygen atoms in total. The highest BCUT2D eigenvalue weighted by molar-refractivity contribution is 5.97. The number of hydrogen-bond donors (Lipinski definition) is 4. The first kappa shape index (κ1) is 42.5. The molecule has 3 saturated carbocycles. The number of aromatic nitrogens is 1. The second-order valence-electron chi connectivity index (χ2n) is 17.5. The van der Waals surface area contributed by atoms with Crippen molar-refractivity contribution in [3.8, 4) is 16.9 Å². The van der Waals surface area contributed by atoms with Crippen LogP contribution in [0.5, 0.6) is 5.75 Å². The SMILES string of the molecule is COc1c(-c2cc(C(=O)N[C@@H](Cc3ccccn3)CN(C)C)cc(N(C)C)c2)ccc(F)c1CN1O[C@@H](CO)[C@@H]([C@H](C)O)[C@H]1C(=O)N[C@H]1C[C@H]2C[C@@H]([C@@H]1C)C2(C)C. The van der Waals surface area contributed by atoms with Gasteiger partial charge in [-0.1, -0.05) is 26.8 Å². The van der Waals surface area contributed by atoms with E-state index in [1.54, 1.807) is 25.3 Å². The molecule has 4 N–H and O–H groups in total. The first-order chi connectivity index (χ1) is 27.0. The summed E-state index contributed by atoms with van der Waals surface area (Å²) in [5.41, 5.74) is 3.56. The van der Waals surface area contributed by atoms with Crippen LogP contribution in [0.2, 0.25) is 0 Å². The predicted octanol–water partition coefficient (Wildman–Crippen LogP) is 4.53. The third-order valence-electron chi connectivity index (χ3n) is 12.9. The standard InChI is InChI=1S/C44H61FN6O6/c1-25-35-19-29(44(35,3)4)20-37(25)48-43(55)40-39(26(2)53)38(24-52)57-51(40)23-34-36(45)14-13-33(41(34)56-9)27-16-28(18-32(17-27)50(7)8)42(54)47-31(22-49(5)6)21-30-12-10-11-15-46-30/h10-18,25-26,29,31,35,37-40,52-53H,19-24H2,1-9H3,(H,47,54)(H,48,55)/t25-,26-,29+,31-,35-,37-,38-,39+,40-/m0/s1. The Hall–Kier alpha value is -4.14. The average molecular weight is 789 g/mol. The smallest absolute Gasteiger partial charge is 0.251 e. The molecule has 1 saturated heterocycles. The number of aliphatic hydroxyl groups is 2. The molecule has 3 aromatic rings. The van der Waals surface area contributed by atoms with Gasteiger partial charge in [-0.05, 0) is 105 Å². The molecule has 0 radical (unpaired) electrons. The Morgan fingerprint density at radius 3 is 2.47 bits per heavy atom. The van der Waals surface area contributed by atoms with Gasteiger partial charge in [0.25, 0.3) is 5.91 Å². The third kappa shape index (κ3) is 8.83. The minimum absolute atomic E-state index is 0.0444. The number of rotatable bonds is 15. The highest BCUT2D eigenvalue weighted by atomic mass is 19.1. The number of aliphatic hydroxyl groups excluding tert-OH is 2. The van der Waals surface area contributed by atoms with Crippen LogP contribution in [0, 0.1) is 34.9 Å². The van der Waals surface area contributed by atoms with Crippen LogP contribution in [-0.2, 0) is 22.6 Å². The molecule has 13 heteroatoms. The number of carbonyl (C=O) groups excluding carboxylic acids is 2. The first-order valence-corrected chi connectivity index (χ1v) is 20.1. The van der Waals surface area contributed by atoms with E-state index in [9.17, 15) is 19.8 Å². The molecule has 310 valence electrons. The number of hydroxylamine groups is 2. The number of carbonyl (C=O) groups is 2. The van der Waals surface area contributed by atoms with E-state index in [0.29, 0.717) is 41.5 Å². The van der Waals surface area contributed by atoms with Crippen molar-refractivity contribution in [2.75, 3.05) is 53.4 Å². The van der Waals surface area contributed by atoms with E-state index in [4.69, 9.17) is 9.57 Å². The van der Waals surface area contributed by atoms with Gasteiger partial charge in [0.2, 0.25) is 5.91 Å². The van der Waals surface area contributed by atoms with Crippen molar-refractivity contribution < 1.29 is 33.8 Å². The number of ether oxygens (including phenoxy) is 1. The lowest BCUT2D eigenvalue weighted by molar-refractivity contribution is -0.183. The molecule has 2 bridgehead atoms. The summed E-state index contributed by atoms with van der Waals surface area (Å²) in [5.74, 6) is -0.451. The quantitative estimate of drug-likeness (QED) is 0.174. The number of methoxy groups -OCH3 is 1. The van der Waals surface area contributed by atoms with Crippen molar-refractivity contribution in [3.05, 3.63) is 77.4 Å². The van der Waals surface area contributed by atoms with Gasteiger partial charge in [0.15, 0.2) is 0 Å². The van der Waals surface area contributed by atoms with Crippen molar-refractivity contribution >= 4 is 17.5 Å². The van der Waals surface area contributed by atoms with Gasteiger partial charge in [-0.2, -0.15) is 5.06 Å². The Morgan fingerprint density at radius 2 is 1.88 bits per heavy atom. The zero-order chi connectivity index (χ0) is 41.3. The number of halogens is 1. The zero-order valence-electron chi connectivity index (χ0n) is 34.8. The van der Waals surface area contributed by atoms with Crippen molar-refractivity contribution in [3.63, 3.8) is 0 Å². The Kier molecular flexibility index (Phi) is 12.9. The van der Waals surface area contributed by atoms with Crippen molar-refractivity contribution in [1.82, 2.24) is 25.6 Å². The maximum Gasteiger partial charge on any atom is 0.251 e. The van der Waals surface area contributed by atoms with E-state index < -0.39 is 36.6 Å². The number of anilines is 1. The second kappa shape index (κ2) is 17.4. The Morgan fingerprint density at radius 1 is 1.12 bits per heavy atom. The van der Waals surface area contributed by atoms with Gasteiger partial charge >= 0.3 is 0 Å². The maximum absolute atomic E-state index is 16.1. The maximum atomic E-state index is 16.1. The van der Waals surface area contributed by atoms with Crippen LogP contribution in [0.3, 0.4) is 0 Å². The van der Waals surface area contributed by atoms with Gasteiger partial charge < -0.3 is 35.4 Å². The number of nitrogens with one attached hydrogen (secondary N) is 2. The molecule has 7 rings (SSSR count). The second-order valence-corrected chi connectivity index (χ2v) is 17.5. The first-order valence-electron chi connectivity index (χ1n) is 20.1. The van der Waals surface area contributed by atoms with Crippen molar-refractivity contribution in [1.29, 1.82) is 0 Å². The molecular weight excluding hydrogens is 728 g/mol. The normalized spacial score (nSPS) is 26.4. The molecular formula is C44H61FN6O6. The van der Waals surface area contributed by atoms with E-state index in [-0.39, 0.29) is 53.1 Å². The summed E-state index contributed by atoms with van der Waals surface area (Å²) in [6.45, 7) is 8.33. The molecule has 0 spiro atoms. The molecule has 4 aliphatic rings. The van der Waals surface area contributed by atoms with E-state index in [0.717, 1.165) is 24.2 Å². The Labute approximate surface area is 336 Å². The van der Waals surface area contributed by atoms with Crippen LogP contribution < -0.4 is 20.3 Å². The van der Waals surface area contributed by atoms with Crippen LogP contribution in [0.15, 0.2) is 54.7 Å². The molecule has 1 aromatic heterocycles. The molecule has 57 heavy (non-hydrogen) atoms. The minimum Gasteiger partial charge on any atom is -0.496 e. The van der Waals surface area contributed by atoms with Crippen LogP contribution in [0.25, 0.3) is 11.1 Å². The van der Waals surface area contributed by atoms with E-state index >= 15 is 4.39 Å². The number of nitrogens with zero attached hydrogens (tertiary/aromatic N) is 4. The molecule has 2 heterocycles. The monoisotopic (exact) mass is 788 g/mol. The highest BCUT2D eigenvalue weighted by Gasteiger charge is 2.57. The predicted molar refractivity (Wildman–Crippen MR) is 218 cm³/mol. The summed E-state index contributed by atoms with van der Waals surface area (Å²) in [6, 6.07) is 12.9. The summed E-state index contributed by atoms with van der Waals surface area (Å²) < 4.78 is 22.0. The average Bonchev–Trinajstić information content (AvgIpc) is 3.54. The number of hydrogen-bond acceptors (Lipinski definition) is 10. The lowest BCUT2D eigenvalue weighted by Crippen LogP contribution is -2.62. The molecule has 0 unspecified atom stereocenters. The molecule has 9 atom stereocenters. The van der Waals surface area contributed by atoms with E-state index in [1.165, 1.54) is 18.2 Å². The topological polar surface area (TPSA) is 140 Å². The fourth-order valence-electron chi connectivity index (χ4n) is 9.65. The van der Waals surface area contributed by atoms with Gasteiger partial charge in [0.1, 0.15) is 23.7 Å². The number of likely N-dealkylation sites (N-methyl/N-ethyl adjacent to an activating group) is 1. The third-order valence-corrected chi connectivity index (χ3v) is 12.9. The summed E-state index contributed by atoms with van der Waals surface area (Å²) in [7, 11) is 9.13. The highest BCUT2D eigenvalue weighted by Crippen LogP contribution is 2.61. The van der Waals surface area contributed by atoms with Crippen LogP contribution in [-0.4, -0.2) is 116 Å². The number of fused-ring (bicyclic) bond motifs is 2. The van der Waals surface area contributed by atoms with Crippen LogP contribution in [0.1, 0.15) is 62.2 Å². The van der Waals surface area contributed by atoms with Gasteiger partial charge in [0.05, 0.1) is 26.4 Å². The van der Waals surface area contributed by atoms with Crippen molar-refractivity contribution in [2.45, 2.75) is 83.8 Å². The molecule has 4 fully saturated rings. The fourth-order valence-corrected chi connectivity index (χ4v) is 9.65. The largest absolute Gasteiger partial charge is 0.496 e. The Balaban J connectivity index is 1.31. The zero-order valence-corrected chi connectivity index (χ0v) is 34.8. The molecule has 1 aliphatic heterocycles. The summed E-state index contributed by atoms with van der Waals surface area (Å²) >= 11 is 0. The molecule has 2 amide bonds. The fraction of sp³-hybridized carbons (Fsp3) is 0.568.